The second-order valence-corrected chi connectivity index (χ2v) is 21.0. The fraction of sp³-hybridized carbons (Fsp3) is 0.673. The molecule has 0 spiro atoms. The van der Waals surface area contributed by atoms with Gasteiger partial charge in [-0.2, -0.15) is 0 Å². The van der Waals surface area contributed by atoms with Crippen LogP contribution in [-0.2, 0) is 87.6 Å². The average molecular weight is 1320 g/mol. The van der Waals surface area contributed by atoms with Crippen LogP contribution in [0, 0.1) is 21.3 Å². The maximum Gasteiger partial charge on any atom is 0.407 e. The fourth-order valence-electron chi connectivity index (χ4n) is 6.26. The number of aliphatic hydroxyl groups is 1. The second-order valence-electron chi connectivity index (χ2n) is 16.9. The van der Waals surface area contributed by atoms with E-state index < -0.39 is 68.2 Å². The molecule has 482 valence electrons. The normalized spacial score (nSPS) is 11.2. The number of amides is 3. The number of nitrogens with one attached hydrogen (secondary N) is 3. The number of aliphatic hydroxyl groups excluding tert-OH is 1. The van der Waals surface area contributed by atoms with Crippen LogP contribution in [0.2, 0.25) is 0 Å². The Morgan fingerprint density at radius 3 is 1.25 bits per heavy atom. The van der Waals surface area contributed by atoms with Crippen LogP contribution in [0.15, 0.2) is 73.7 Å². The molecular formula is C52H89N12O17PdS2-. The van der Waals surface area contributed by atoms with Crippen molar-refractivity contribution in [1.29, 1.82) is 0 Å². The number of nitrogens with zero attached hydrogens (tertiary/aromatic N) is 9. The summed E-state index contributed by atoms with van der Waals surface area (Å²) in [4.78, 5) is 55.0. The summed E-state index contributed by atoms with van der Waals surface area (Å²) < 4.78 is 93.8. The number of hydrogen-bond acceptors (Lipinski definition) is 20. The van der Waals surface area contributed by atoms with E-state index in [1.165, 1.54) is 31.2 Å². The fourth-order valence-corrected chi connectivity index (χ4v) is 9.20. The second kappa shape index (κ2) is 55.2. The van der Waals surface area contributed by atoms with E-state index in [-0.39, 0.29) is 121 Å². The molecule has 2 unspecified atom stereocenters. The van der Waals surface area contributed by atoms with Crippen LogP contribution in [0.5, 0.6) is 0 Å². The van der Waals surface area contributed by atoms with Crippen molar-refractivity contribution in [2.75, 3.05) is 110 Å². The first-order chi connectivity index (χ1) is 39.2. The number of carbonyl (C=O) groups is 4. The first kappa shape index (κ1) is 84.8. The number of Topliss-reactive ketones (excluding diaryl/α,β-unsaturated/α-hetero) is 1. The maximum atomic E-state index is 13.0. The van der Waals surface area contributed by atoms with Crippen molar-refractivity contribution in [2.24, 2.45) is 15.3 Å². The van der Waals surface area contributed by atoms with Gasteiger partial charge in [0.25, 0.3) is 0 Å². The molecule has 0 saturated carbocycles. The molecule has 4 N–H and O–H groups in total. The maximum absolute atomic E-state index is 13.0. The Hall–Kier alpha value is -5.67. The van der Waals surface area contributed by atoms with E-state index >= 15 is 0 Å². The predicted molar refractivity (Wildman–Crippen MR) is 311 cm³/mol. The molecule has 0 heterocycles. The average Bonchev–Trinajstić information content (AvgIpc) is 3.49. The number of benzene rings is 2. The number of aryl methyl sites for hydroxylation is 2. The molecule has 2 atom stereocenters. The van der Waals surface area contributed by atoms with E-state index in [1.807, 2.05) is 41.5 Å². The third-order valence-corrected chi connectivity index (χ3v) is 13.7. The van der Waals surface area contributed by atoms with Gasteiger partial charge >= 0.3 is 12.2 Å². The Labute approximate surface area is 509 Å². The summed E-state index contributed by atoms with van der Waals surface area (Å²) in [6, 6.07) is 12.8. The minimum absolute atomic E-state index is 0. The summed E-state index contributed by atoms with van der Waals surface area (Å²) in [6.07, 6.45) is -2.93. The molecule has 32 heteroatoms. The minimum atomic E-state index is -3.76. The van der Waals surface area contributed by atoms with Gasteiger partial charge in [0.1, 0.15) is 18.0 Å². The number of carbonyl (C=O) groups excluding carboxylic acids is 4. The summed E-state index contributed by atoms with van der Waals surface area (Å²) >= 11 is 0. The van der Waals surface area contributed by atoms with Crippen LogP contribution in [0.25, 0.3) is 31.3 Å². The van der Waals surface area contributed by atoms with Gasteiger partial charge in [-0.05, 0) is 103 Å². The summed E-state index contributed by atoms with van der Waals surface area (Å²) in [5.74, 6) is -1.06. The van der Waals surface area contributed by atoms with E-state index in [1.54, 1.807) is 31.2 Å². The van der Waals surface area contributed by atoms with Gasteiger partial charge in [-0.15, -0.1) is 0 Å². The van der Waals surface area contributed by atoms with Crippen LogP contribution < -0.4 is 16.0 Å². The molecule has 2 aromatic rings. The van der Waals surface area contributed by atoms with Gasteiger partial charge in [-0.1, -0.05) is 50.7 Å². The van der Waals surface area contributed by atoms with Crippen LogP contribution in [0.1, 0.15) is 91.2 Å². The van der Waals surface area contributed by atoms with Gasteiger partial charge in [-0.25, -0.2) is 26.4 Å². The Balaban J connectivity index is -0.000000617. The zero-order valence-corrected chi connectivity index (χ0v) is 53.0. The van der Waals surface area contributed by atoms with Crippen molar-refractivity contribution in [2.45, 2.75) is 128 Å². The summed E-state index contributed by atoms with van der Waals surface area (Å²) in [7, 11) is -7.45. The van der Waals surface area contributed by atoms with Crippen LogP contribution >= 0.6 is 0 Å². The van der Waals surface area contributed by atoms with Crippen molar-refractivity contribution >= 4 is 43.6 Å². The van der Waals surface area contributed by atoms with Crippen molar-refractivity contribution in [3.05, 3.63) is 98.4 Å². The number of azide groups is 3. The molecule has 0 radical (unpaired) electrons. The SMILES string of the molecule is CC(=O)CCOCCN=[N+]=[N-].CCO.CCOC(CCNC(=O)OC(CCN=[N+]=[N-])CS(=O)(=O)c1ccc(C)cc1)OCC.CCOC(CCNC(=O)OC(CCNC(=O)CCOCCN=[N+]=[N-])CS(=O)(=O)c1ccc(C)cc1)OCC.[CH3-].[Pd]. The zero-order chi connectivity index (χ0) is 61.9. The van der Waals surface area contributed by atoms with E-state index in [0.29, 0.717) is 65.4 Å². The Kier molecular flexibility index (Phi) is 55.7. The Bertz CT molecular complexity index is 2420. The molecule has 0 aliphatic rings. The molecule has 0 saturated heterocycles. The number of sulfone groups is 2. The molecular weight excluding hydrogens is 1240 g/mol. The minimum Gasteiger partial charge on any atom is -0.445 e. The summed E-state index contributed by atoms with van der Waals surface area (Å²) in [6.45, 7) is 18.6. The van der Waals surface area contributed by atoms with E-state index in [4.69, 9.17) is 59.6 Å². The molecule has 0 fully saturated rings. The monoisotopic (exact) mass is 1320 g/mol. The van der Waals surface area contributed by atoms with Crippen LogP contribution in [0.3, 0.4) is 0 Å². The first-order valence-corrected chi connectivity index (χ1v) is 30.0. The smallest absolute Gasteiger partial charge is 0.407 e. The van der Waals surface area contributed by atoms with Crippen LogP contribution in [0.4, 0.5) is 9.59 Å². The Morgan fingerprint density at radius 1 is 0.548 bits per heavy atom. The van der Waals surface area contributed by atoms with E-state index in [9.17, 15) is 36.0 Å². The van der Waals surface area contributed by atoms with Gasteiger partial charge in [0, 0.05) is 140 Å². The molecule has 2 rings (SSSR count). The largest absolute Gasteiger partial charge is 0.445 e. The summed E-state index contributed by atoms with van der Waals surface area (Å²) in [5.41, 5.74) is 26.4. The number of rotatable bonds is 40. The number of ether oxygens (including phenoxy) is 8. The molecule has 3 amide bonds. The first-order valence-electron chi connectivity index (χ1n) is 26.7. The molecule has 29 nitrogen and oxygen atoms in total. The van der Waals surface area contributed by atoms with Gasteiger partial charge < -0.3 is 66.4 Å². The van der Waals surface area contributed by atoms with Gasteiger partial charge in [0.15, 0.2) is 32.3 Å². The van der Waals surface area contributed by atoms with Crippen molar-refractivity contribution < 1.29 is 99.4 Å². The molecule has 0 aliphatic heterocycles. The van der Waals surface area contributed by atoms with Crippen molar-refractivity contribution in [3.63, 3.8) is 0 Å². The molecule has 84 heavy (non-hydrogen) atoms. The third-order valence-electron chi connectivity index (χ3n) is 10.1. The van der Waals surface area contributed by atoms with E-state index in [0.717, 1.165) is 11.1 Å². The number of ketones is 1. The van der Waals surface area contributed by atoms with Crippen molar-refractivity contribution in [1.82, 2.24) is 16.0 Å². The Morgan fingerprint density at radius 2 is 0.893 bits per heavy atom. The number of alkyl carbamates (subject to hydrolysis) is 2. The standard InChI is InChI=1S/C24H39N5O8S.C19H30N4O6S.C6H11N3O2.C2H6O.CH3.Pd/c1-4-35-23(36-5-2)11-14-27-24(31)37-20(18-38(32,33)21-8-6-19(3)7-9-21)10-13-26-22(30)12-16-34-17-15-28-29-25;1-4-27-18(28-5-2)11-12-21-19(24)29-16(10-13-22-23-20)14-30(25,26)17-8-6-15(3)7-9-17;1-6(10)2-4-11-5-3-8-9-7;1-2-3;;/h6-9,20,23H,4-5,10-18H2,1-3H3,(H,26,30)(H,27,31);6-9,16,18H,4-5,10-14H2,1-3H3,(H,21,24);2-5H2,1H3;3H,2H2,1H3;1H3;/q;;;;-1;. The predicted octanol–water partition coefficient (Wildman–Crippen LogP) is 7.97. The van der Waals surface area contributed by atoms with Gasteiger partial charge in [0.2, 0.25) is 5.91 Å². The number of hydrogen-bond donors (Lipinski definition) is 4. The van der Waals surface area contributed by atoms with Crippen molar-refractivity contribution in [3.8, 4) is 0 Å². The molecule has 0 bridgehead atoms. The quantitative estimate of drug-likeness (QED) is 0.00934. The van der Waals surface area contributed by atoms with Gasteiger partial charge in [-0.3, -0.25) is 9.59 Å². The molecule has 0 aromatic heterocycles. The topological polar surface area (TPSA) is 413 Å². The van der Waals surface area contributed by atoms with E-state index in [2.05, 4.69) is 46.0 Å². The summed E-state index contributed by atoms with van der Waals surface area (Å²) in [5, 5.41) is 25.4. The molecule has 2 aromatic carbocycles. The molecule has 0 aliphatic carbocycles. The van der Waals surface area contributed by atoms with Crippen LogP contribution in [-0.4, -0.2) is 181 Å². The third kappa shape index (κ3) is 47.7. The van der Waals surface area contributed by atoms with Gasteiger partial charge in [0.05, 0.1) is 47.7 Å². The zero-order valence-electron chi connectivity index (χ0n) is 49.8.